The summed E-state index contributed by atoms with van der Waals surface area (Å²) in [5, 5.41) is 2.57. The van der Waals surface area contributed by atoms with Crippen LogP contribution >= 0.6 is 0 Å². The van der Waals surface area contributed by atoms with Gasteiger partial charge in [0, 0.05) is 6.42 Å². The maximum absolute atomic E-state index is 11.0. The summed E-state index contributed by atoms with van der Waals surface area (Å²) in [5.74, 6) is 0.869. The van der Waals surface area contributed by atoms with Crippen molar-refractivity contribution in [1.29, 1.82) is 0 Å². The minimum atomic E-state index is 0.257. The van der Waals surface area contributed by atoms with E-state index in [4.69, 9.17) is 0 Å². The maximum atomic E-state index is 11.0. The SMILES string of the molecule is CCC(C)c1ccc2cc(CCC(C)=O)ccc2c1. The Bertz CT molecular complexity index is 583. The number of hydrogen-bond acceptors (Lipinski definition) is 1. The fourth-order valence-electron chi connectivity index (χ4n) is 2.33. The minimum absolute atomic E-state index is 0.257. The molecule has 0 spiro atoms. The zero-order chi connectivity index (χ0) is 13.8. The Hall–Kier alpha value is -1.63. The highest BCUT2D eigenvalue weighted by molar-refractivity contribution is 5.84. The Morgan fingerprint density at radius 3 is 2.47 bits per heavy atom. The van der Waals surface area contributed by atoms with Crippen LogP contribution in [-0.4, -0.2) is 5.78 Å². The zero-order valence-corrected chi connectivity index (χ0v) is 12.1. The van der Waals surface area contributed by atoms with E-state index in [2.05, 4.69) is 50.2 Å². The number of aryl methyl sites for hydroxylation is 1. The van der Waals surface area contributed by atoms with Crippen molar-refractivity contribution in [3.8, 4) is 0 Å². The summed E-state index contributed by atoms with van der Waals surface area (Å²) in [6.45, 7) is 6.14. The van der Waals surface area contributed by atoms with Crippen molar-refractivity contribution in [2.24, 2.45) is 0 Å². The van der Waals surface area contributed by atoms with Crippen LogP contribution in [0.25, 0.3) is 10.8 Å². The highest BCUT2D eigenvalue weighted by Gasteiger charge is 2.04. The molecule has 0 N–H and O–H groups in total. The Kier molecular flexibility index (Phi) is 4.36. The van der Waals surface area contributed by atoms with Crippen LogP contribution in [0.4, 0.5) is 0 Å². The molecule has 0 aliphatic rings. The van der Waals surface area contributed by atoms with E-state index in [9.17, 15) is 4.79 Å². The van der Waals surface area contributed by atoms with Gasteiger partial charge in [0.1, 0.15) is 5.78 Å². The highest BCUT2D eigenvalue weighted by Crippen LogP contribution is 2.24. The lowest BCUT2D eigenvalue weighted by Crippen LogP contribution is -1.94. The molecule has 2 aromatic rings. The predicted molar refractivity (Wildman–Crippen MR) is 81.7 cm³/mol. The molecule has 0 fully saturated rings. The molecule has 0 saturated carbocycles. The van der Waals surface area contributed by atoms with Gasteiger partial charge in [0.05, 0.1) is 0 Å². The molecule has 100 valence electrons. The smallest absolute Gasteiger partial charge is 0.130 e. The standard InChI is InChI=1S/C18H22O/c1-4-13(2)16-9-10-17-11-15(6-5-14(3)19)7-8-18(17)12-16/h7-13H,4-6H2,1-3H3. The van der Waals surface area contributed by atoms with E-state index < -0.39 is 0 Å². The molecule has 0 heterocycles. The Morgan fingerprint density at radius 1 is 1.11 bits per heavy atom. The topological polar surface area (TPSA) is 17.1 Å². The average Bonchev–Trinajstić information content (AvgIpc) is 2.43. The number of Topliss-reactive ketones (excluding diaryl/α,β-unsaturated/α-hetero) is 1. The number of fused-ring (bicyclic) bond motifs is 1. The molecule has 1 nitrogen and oxygen atoms in total. The number of hydrogen-bond donors (Lipinski definition) is 0. The van der Waals surface area contributed by atoms with E-state index in [1.165, 1.54) is 28.3 Å². The fourth-order valence-corrected chi connectivity index (χ4v) is 2.33. The molecule has 0 radical (unpaired) electrons. The summed E-state index contributed by atoms with van der Waals surface area (Å²) in [6, 6.07) is 13.2. The van der Waals surface area contributed by atoms with Crippen LogP contribution in [0.1, 0.15) is 50.7 Å². The number of carbonyl (C=O) groups excluding carboxylic acids is 1. The quantitative estimate of drug-likeness (QED) is 0.743. The first-order chi connectivity index (χ1) is 9.10. The number of carbonyl (C=O) groups is 1. The first-order valence-electron chi connectivity index (χ1n) is 7.12. The number of ketones is 1. The van der Waals surface area contributed by atoms with Gasteiger partial charge in [-0.15, -0.1) is 0 Å². The molecule has 0 aliphatic heterocycles. The largest absolute Gasteiger partial charge is 0.300 e. The van der Waals surface area contributed by atoms with Crippen LogP contribution in [0.3, 0.4) is 0 Å². The minimum Gasteiger partial charge on any atom is -0.300 e. The van der Waals surface area contributed by atoms with Gasteiger partial charge < -0.3 is 4.79 Å². The average molecular weight is 254 g/mol. The van der Waals surface area contributed by atoms with Crippen molar-refractivity contribution in [3.05, 3.63) is 47.5 Å². The number of benzene rings is 2. The van der Waals surface area contributed by atoms with Gasteiger partial charge in [0.15, 0.2) is 0 Å². The molecule has 2 aromatic carbocycles. The molecule has 1 unspecified atom stereocenters. The Balaban J connectivity index is 2.27. The third-order valence-corrected chi connectivity index (χ3v) is 3.88. The summed E-state index contributed by atoms with van der Waals surface area (Å²) < 4.78 is 0. The monoisotopic (exact) mass is 254 g/mol. The second-order valence-corrected chi connectivity index (χ2v) is 5.45. The van der Waals surface area contributed by atoms with Crippen molar-refractivity contribution >= 4 is 16.6 Å². The Morgan fingerprint density at radius 2 is 1.79 bits per heavy atom. The van der Waals surface area contributed by atoms with Crippen molar-refractivity contribution in [3.63, 3.8) is 0 Å². The molecule has 0 saturated heterocycles. The molecule has 2 rings (SSSR count). The molecule has 0 aromatic heterocycles. The van der Waals surface area contributed by atoms with E-state index in [1.807, 2.05) is 0 Å². The molecule has 0 aliphatic carbocycles. The number of rotatable bonds is 5. The molecular formula is C18H22O. The molecule has 0 bridgehead atoms. The van der Waals surface area contributed by atoms with Gasteiger partial charge in [-0.3, -0.25) is 0 Å². The van der Waals surface area contributed by atoms with E-state index >= 15 is 0 Å². The van der Waals surface area contributed by atoms with Gasteiger partial charge >= 0.3 is 0 Å². The third kappa shape index (κ3) is 3.44. The summed E-state index contributed by atoms with van der Waals surface area (Å²) in [5.41, 5.74) is 2.66. The van der Waals surface area contributed by atoms with Gasteiger partial charge in [0.2, 0.25) is 0 Å². The second-order valence-electron chi connectivity index (χ2n) is 5.45. The predicted octanol–water partition coefficient (Wildman–Crippen LogP) is 4.87. The second kappa shape index (κ2) is 6.01. The van der Waals surface area contributed by atoms with Crippen LogP contribution in [-0.2, 0) is 11.2 Å². The lowest BCUT2D eigenvalue weighted by atomic mass is 9.95. The van der Waals surface area contributed by atoms with Gasteiger partial charge in [0.25, 0.3) is 0 Å². The van der Waals surface area contributed by atoms with Crippen LogP contribution in [0.5, 0.6) is 0 Å². The third-order valence-electron chi connectivity index (χ3n) is 3.88. The first kappa shape index (κ1) is 13.8. The summed E-state index contributed by atoms with van der Waals surface area (Å²) in [6.07, 6.45) is 2.65. The van der Waals surface area contributed by atoms with Crippen molar-refractivity contribution < 1.29 is 4.79 Å². The van der Waals surface area contributed by atoms with E-state index in [-0.39, 0.29) is 5.78 Å². The van der Waals surface area contributed by atoms with Crippen LogP contribution in [0, 0.1) is 0 Å². The van der Waals surface area contributed by atoms with Crippen LogP contribution in [0.2, 0.25) is 0 Å². The molecule has 1 atom stereocenters. The highest BCUT2D eigenvalue weighted by atomic mass is 16.1. The summed E-state index contributed by atoms with van der Waals surface area (Å²) in [7, 11) is 0. The normalized spacial score (nSPS) is 12.6. The summed E-state index contributed by atoms with van der Waals surface area (Å²) in [4.78, 5) is 11.0. The fraction of sp³-hybridized carbons (Fsp3) is 0.389. The van der Waals surface area contributed by atoms with E-state index in [0.29, 0.717) is 12.3 Å². The van der Waals surface area contributed by atoms with E-state index in [1.54, 1.807) is 6.92 Å². The van der Waals surface area contributed by atoms with E-state index in [0.717, 1.165) is 6.42 Å². The lowest BCUT2D eigenvalue weighted by molar-refractivity contribution is -0.116. The maximum Gasteiger partial charge on any atom is 0.130 e. The zero-order valence-electron chi connectivity index (χ0n) is 12.1. The van der Waals surface area contributed by atoms with Gasteiger partial charge in [-0.1, -0.05) is 50.2 Å². The first-order valence-corrected chi connectivity index (χ1v) is 7.12. The van der Waals surface area contributed by atoms with Crippen molar-refractivity contribution in [2.75, 3.05) is 0 Å². The van der Waals surface area contributed by atoms with Crippen LogP contribution in [0.15, 0.2) is 36.4 Å². The van der Waals surface area contributed by atoms with Gasteiger partial charge in [-0.25, -0.2) is 0 Å². The van der Waals surface area contributed by atoms with Gasteiger partial charge in [-0.05, 0) is 47.6 Å². The molecule has 1 heteroatoms. The molecular weight excluding hydrogens is 232 g/mol. The van der Waals surface area contributed by atoms with Crippen molar-refractivity contribution in [1.82, 2.24) is 0 Å². The van der Waals surface area contributed by atoms with Gasteiger partial charge in [-0.2, -0.15) is 0 Å². The Labute approximate surface area is 115 Å². The van der Waals surface area contributed by atoms with Crippen LogP contribution < -0.4 is 0 Å². The lowest BCUT2D eigenvalue weighted by Gasteiger charge is -2.10. The molecule has 0 amide bonds. The van der Waals surface area contributed by atoms with Crippen molar-refractivity contribution in [2.45, 2.75) is 46.0 Å². The molecule has 19 heavy (non-hydrogen) atoms. The summed E-state index contributed by atoms with van der Waals surface area (Å²) >= 11 is 0.